The van der Waals surface area contributed by atoms with Gasteiger partial charge in [0.15, 0.2) is 5.96 Å². The van der Waals surface area contributed by atoms with Gasteiger partial charge in [0, 0.05) is 33.4 Å². The molecule has 0 radical (unpaired) electrons. The molecule has 0 aliphatic carbocycles. The molecule has 0 amide bonds. The fraction of sp³-hybridized carbons (Fsp3) is 0.938. The summed E-state index contributed by atoms with van der Waals surface area (Å²) >= 11 is 0. The number of methoxy groups -OCH3 is 1. The van der Waals surface area contributed by atoms with E-state index in [0.29, 0.717) is 12.6 Å². The van der Waals surface area contributed by atoms with Gasteiger partial charge < -0.3 is 24.8 Å². The maximum absolute atomic E-state index is 5.65. The first-order chi connectivity index (χ1) is 10.6. The number of aliphatic imine (C=N–C) groups is 1. The Kier molecular flexibility index (Phi) is 13.1. The van der Waals surface area contributed by atoms with Crippen LogP contribution in [0.3, 0.4) is 0 Å². The summed E-state index contributed by atoms with van der Waals surface area (Å²) in [4.78, 5) is 4.55. The zero-order chi connectivity index (χ0) is 16.3. The minimum absolute atomic E-state index is 0. The molecule has 0 aromatic heterocycles. The van der Waals surface area contributed by atoms with Gasteiger partial charge in [-0.3, -0.25) is 4.99 Å². The fourth-order valence-corrected chi connectivity index (χ4v) is 2.05. The van der Waals surface area contributed by atoms with Crippen molar-refractivity contribution in [2.45, 2.75) is 51.7 Å². The zero-order valence-corrected chi connectivity index (χ0v) is 17.4. The molecule has 1 aliphatic heterocycles. The molecule has 7 heteroatoms. The van der Waals surface area contributed by atoms with Gasteiger partial charge in [-0.15, -0.1) is 24.0 Å². The quantitative estimate of drug-likeness (QED) is 0.235. The van der Waals surface area contributed by atoms with Gasteiger partial charge in [-0.05, 0) is 40.0 Å². The molecule has 1 atom stereocenters. The molecular formula is C16H34IN3O3. The molecule has 1 aliphatic rings. The van der Waals surface area contributed by atoms with Gasteiger partial charge in [-0.25, -0.2) is 0 Å². The molecule has 1 heterocycles. The predicted molar refractivity (Wildman–Crippen MR) is 105 cm³/mol. The Morgan fingerprint density at radius 2 is 2.13 bits per heavy atom. The molecule has 0 spiro atoms. The lowest BCUT2D eigenvalue weighted by atomic mass is 10.1. The van der Waals surface area contributed by atoms with E-state index in [9.17, 15) is 0 Å². The first kappa shape index (κ1) is 22.9. The Balaban J connectivity index is 0.00000484. The first-order valence-electron chi connectivity index (χ1n) is 8.34. The maximum Gasteiger partial charge on any atom is 0.191 e. The fourth-order valence-electron chi connectivity index (χ4n) is 2.05. The molecule has 1 saturated heterocycles. The Morgan fingerprint density at radius 1 is 1.35 bits per heavy atom. The summed E-state index contributed by atoms with van der Waals surface area (Å²) in [7, 11) is 1.71. The highest BCUT2D eigenvalue weighted by Crippen LogP contribution is 2.11. The van der Waals surface area contributed by atoms with Crippen LogP contribution in [0.25, 0.3) is 0 Å². The summed E-state index contributed by atoms with van der Waals surface area (Å²) in [5.74, 6) is 0.826. The van der Waals surface area contributed by atoms with E-state index in [-0.39, 0.29) is 29.6 Å². The molecule has 2 N–H and O–H groups in total. The van der Waals surface area contributed by atoms with E-state index < -0.39 is 0 Å². The van der Waals surface area contributed by atoms with Gasteiger partial charge in [0.2, 0.25) is 0 Å². The van der Waals surface area contributed by atoms with Crippen molar-refractivity contribution >= 4 is 29.9 Å². The zero-order valence-electron chi connectivity index (χ0n) is 15.0. The van der Waals surface area contributed by atoms with E-state index in [1.54, 1.807) is 7.11 Å². The average molecular weight is 443 g/mol. The topological polar surface area (TPSA) is 64.1 Å². The van der Waals surface area contributed by atoms with Crippen molar-refractivity contribution in [2.75, 3.05) is 46.6 Å². The second kappa shape index (κ2) is 13.2. The Labute approximate surface area is 158 Å². The lowest BCUT2D eigenvalue weighted by Gasteiger charge is -2.21. The van der Waals surface area contributed by atoms with E-state index in [4.69, 9.17) is 14.2 Å². The van der Waals surface area contributed by atoms with Gasteiger partial charge >= 0.3 is 0 Å². The minimum atomic E-state index is -0.243. The number of halogens is 1. The van der Waals surface area contributed by atoms with Crippen molar-refractivity contribution in [2.24, 2.45) is 4.99 Å². The van der Waals surface area contributed by atoms with Crippen LogP contribution >= 0.6 is 24.0 Å². The van der Waals surface area contributed by atoms with Crippen LogP contribution in [0.15, 0.2) is 4.99 Å². The summed E-state index contributed by atoms with van der Waals surface area (Å²) in [5.41, 5.74) is -0.243. The Hall–Kier alpha value is -0.120. The Bertz CT molecular complexity index is 322. The molecular weight excluding hydrogens is 409 g/mol. The number of hydrogen-bond donors (Lipinski definition) is 2. The highest BCUT2D eigenvalue weighted by Gasteiger charge is 2.16. The molecule has 0 saturated carbocycles. The van der Waals surface area contributed by atoms with Gasteiger partial charge in [0.25, 0.3) is 0 Å². The van der Waals surface area contributed by atoms with E-state index in [1.165, 1.54) is 0 Å². The van der Waals surface area contributed by atoms with Crippen LogP contribution in [-0.4, -0.2) is 64.2 Å². The van der Waals surface area contributed by atoms with Crippen molar-refractivity contribution < 1.29 is 14.2 Å². The summed E-state index contributed by atoms with van der Waals surface area (Å²) < 4.78 is 16.5. The van der Waals surface area contributed by atoms with Crippen molar-refractivity contribution in [1.82, 2.24) is 10.6 Å². The summed E-state index contributed by atoms with van der Waals surface area (Å²) in [6.45, 7) is 10.8. The van der Waals surface area contributed by atoms with Crippen LogP contribution in [0.1, 0.15) is 40.0 Å². The molecule has 0 aromatic carbocycles. The van der Waals surface area contributed by atoms with Crippen LogP contribution in [0.5, 0.6) is 0 Å². The third-order valence-corrected chi connectivity index (χ3v) is 3.60. The highest BCUT2D eigenvalue weighted by atomic mass is 127. The summed E-state index contributed by atoms with van der Waals surface area (Å²) in [6, 6.07) is 0. The summed E-state index contributed by atoms with van der Waals surface area (Å²) in [6.07, 6.45) is 3.55. The molecule has 0 aromatic rings. The standard InChI is InChI=1S/C16H33N3O3.HI/c1-5-17-15(19-13-16(2,3)20-4)18-9-7-10-21-12-14-8-6-11-22-14;/h14H,5-13H2,1-4H3,(H2,17,18,19);1H. The predicted octanol–water partition coefficient (Wildman–Crippen LogP) is 2.17. The lowest BCUT2D eigenvalue weighted by molar-refractivity contribution is 0.0168. The van der Waals surface area contributed by atoms with Gasteiger partial charge in [-0.1, -0.05) is 0 Å². The van der Waals surface area contributed by atoms with Gasteiger partial charge in [0.1, 0.15) is 0 Å². The molecule has 23 heavy (non-hydrogen) atoms. The number of rotatable bonds is 10. The number of hydrogen-bond acceptors (Lipinski definition) is 4. The van der Waals surface area contributed by atoms with E-state index >= 15 is 0 Å². The number of guanidine groups is 1. The van der Waals surface area contributed by atoms with Crippen molar-refractivity contribution in [3.05, 3.63) is 0 Å². The van der Waals surface area contributed by atoms with Crippen molar-refractivity contribution in [1.29, 1.82) is 0 Å². The number of ether oxygens (including phenoxy) is 3. The highest BCUT2D eigenvalue weighted by molar-refractivity contribution is 14.0. The second-order valence-electron chi connectivity index (χ2n) is 6.15. The maximum atomic E-state index is 5.65. The number of nitrogens with one attached hydrogen (secondary N) is 2. The van der Waals surface area contributed by atoms with Gasteiger partial charge in [0.05, 0.1) is 24.9 Å². The van der Waals surface area contributed by atoms with Crippen LogP contribution in [0.2, 0.25) is 0 Å². The molecule has 1 fully saturated rings. The largest absolute Gasteiger partial charge is 0.379 e. The molecule has 6 nitrogen and oxygen atoms in total. The third kappa shape index (κ3) is 11.1. The Morgan fingerprint density at radius 3 is 2.74 bits per heavy atom. The first-order valence-corrected chi connectivity index (χ1v) is 8.34. The number of nitrogens with zero attached hydrogens (tertiary/aromatic N) is 1. The normalized spacial score (nSPS) is 18.6. The minimum Gasteiger partial charge on any atom is -0.379 e. The van der Waals surface area contributed by atoms with Crippen LogP contribution < -0.4 is 10.6 Å². The smallest absolute Gasteiger partial charge is 0.191 e. The molecule has 1 unspecified atom stereocenters. The van der Waals surface area contributed by atoms with E-state index in [2.05, 4.69) is 22.5 Å². The lowest BCUT2D eigenvalue weighted by Crippen LogP contribution is -2.39. The monoisotopic (exact) mass is 443 g/mol. The van der Waals surface area contributed by atoms with Crippen LogP contribution in [-0.2, 0) is 14.2 Å². The van der Waals surface area contributed by atoms with Crippen LogP contribution in [0.4, 0.5) is 0 Å². The third-order valence-electron chi connectivity index (χ3n) is 3.60. The molecule has 0 bridgehead atoms. The SMILES string of the molecule is CCNC(=NCC(C)(C)OC)NCCCOCC1CCCO1.I. The van der Waals surface area contributed by atoms with Crippen molar-refractivity contribution in [3.8, 4) is 0 Å². The average Bonchev–Trinajstić information content (AvgIpc) is 3.01. The van der Waals surface area contributed by atoms with E-state index in [1.807, 2.05) is 13.8 Å². The van der Waals surface area contributed by atoms with Crippen LogP contribution in [0, 0.1) is 0 Å². The van der Waals surface area contributed by atoms with E-state index in [0.717, 1.165) is 58.1 Å². The van der Waals surface area contributed by atoms with Crippen molar-refractivity contribution in [3.63, 3.8) is 0 Å². The van der Waals surface area contributed by atoms with Gasteiger partial charge in [-0.2, -0.15) is 0 Å². The summed E-state index contributed by atoms with van der Waals surface area (Å²) in [5, 5.41) is 6.56. The molecule has 1 rings (SSSR count). The second-order valence-corrected chi connectivity index (χ2v) is 6.15. The molecule has 138 valence electrons.